The molecule has 0 aliphatic carbocycles. The molecule has 1 amide bonds. The van der Waals surface area contributed by atoms with Crippen LogP contribution in [0.25, 0.3) is 10.2 Å². The molecule has 0 unspecified atom stereocenters. The van der Waals surface area contributed by atoms with Crippen LogP contribution in [0, 0.1) is 12.3 Å². The van der Waals surface area contributed by atoms with E-state index in [1.54, 1.807) is 23.6 Å². The van der Waals surface area contributed by atoms with Crippen molar-refractivity contribution in [3.63, 3.8) is 0 Å². The van der Waals surface area contributed by atoms with Gasteiger partial charge in [0.15, 0.2) is 0 Å². The van der Waals surface area contributed by atoms with Gasteiger partial charge in [-0.2, -0.15) is 5.10 Å². The number of amides is 1. The summed E-state index contributed by atoms with van der Waals surface area (Å²) in [6.45, 7) is 3.62. The first kappa shape index (κ1) is 15.9. The Morgan fingerprint density at radius 3 is 2.62 bits per heavy atom. The molecule has 0 atom stereocenters. The van der Waals surface area contributed by atoms with Gasteiger partial charge < -0.3 is 15.1 Å². The fraction of sp³-hybridized carbons (Fsp3) is 0.571. The maximum atomic E-state index is 12.5. The van der Waals surface area contributed by atoms with Crippen LogP contribution >= 0.6 is 11.3 Å². The molecule has 0 saturated heterocycles. The molecule has 0 fully saturated rings. The molecule has 0 aromatic carbocycles. The molecule has 7 heteroatoms. The predicted octanol–water partition coefficient (Wildman–Crippen LogP) is 1.01. The van der Waals surface area contributed by atoms with E-state index < -0.39 is 5.41 Å². The van der Waals surface area contributed by atoms with Crippen LogP contribution in [0.5, 0.6) is 0 Å². The van der Waals surface area contributed by atoms with E-state index in [1.165, 1.54) is 11.3 Å². The lowest BCUT2D eigenvalue weighted by Crippen LogP contribution is -2.41. The van der Waals surface area contributed by atoms with Crippen LogP contribution in [0.1, 0.15) is 22.3 Å². The largest absolute Gasteiger partial charge is 0.396 e. The van der Waals surface area contributed by atoms with E-state index in [0.29, 0.717) is 11.4 Å². The molecule has 6 nitrogen and oxygen atoms in total. The molecule has 0 spiro atoms. The summed E-state index contributed by atoms with van der Waals surface area (Å²) in [4.78, 5) is 15.6. The molecule has 2 N–H and O–H groups in total. The fourth-order valence-corrected chi connectivity index (χ4v) is 3.41. The molecule has 2 rings (SSSR count). The van der Waals surface area contributed by atoms with Gasteiger partial charge in [-0.05, 0) is 13.0 Å². The molecule has 2 aromatic heterocycles. The van der Waals surface area contributed by atoms with Crippen molar-refractivity contribution in [1.29, 1.82) is 0 Å². The van der Waals surface area contributed by atoms with Crippen LogP contribution in [-0.4, -0.2) is 57.6 Å². The molecule has 21 heavy (non-hydrogen) atoms. The van der Waals surface area contributed by atoms with E-state index in [2.05, 4.69) is 5.10 Å². The number of hydrogen-bond acceptors (Lipinski definition) is 5. The van der Waals surface area contributed by atoms with Gasteiger partial charge in [-0.1, -0.05) is 6.92 Å². The maximum absolute atomic E-state index is 12.5. The molecule has 2 aromatic rings. The number of carbonyl (C=O) groups excluding carboxylic acids is 1. The first-order valence-corrected chi connectivity index (χ1v) is 7.53. The van der Waals surface area contributed by atoms with E-state index in [-0.39, 0.29) is 19.1 Å². The number of aromatic nitrogens is 2. The van der Waals surface area contributed by atoms with E-state index in [1.807, 2.05) is 20.0 Å². The summed E-state index contributed by atoms with van der Waals surface area (Å²) in [5.74, 6) is -0.108. The van der Waals surface area contributed by atoms with Gasteiger partial charge in [0.25, 0.3) is 5.91 Å². The van der Waals surface area contributed by atoms with Crippen molar-refractivity contribution in [2.75, 3.05) is 26.8 Å². The standard InChI is InChI=1S/C14H21N3O3S/c1-9-10-5-11(21-13(10)17(4)15-9)12(20)16(3)6-14(2,7-18)8-19/h5,18-19H,6-8H2,1-4H3. The average molecular weight is 311 g/mol. The summed E-state index contributed by atoms with van der Waals surface area (Å²) in [7, 11) is 3.54. The molecule has 0 saturated carbocycles. The SMILES string of the molecule is Cc1nn(C)c2sc(C(=O)N(C)CC(C)(CO)CO)cc12. The van der Waals surface area contributed by atoms with Gasteiger partial charge in [-0.3, -0.25) is 9.48 Å². The molecule has 0 aliphatic heterocycles. The normalized spacial score (nSPS) is 12.1. The molecular weight excluding hydrogens is 290 g/mol. The number of aliphatic hydroxyl groups is 2. The number of carbonyl (C=O) groups is 1. The molecule has 116 valence electrons. The van der Waals surface area contributed by atoms with Gasteiger partial charge in [0.05, 0.1) is 23.8 Å². The zero-order valence-corrected chi connectivity index (χ0v) is 13.6. The van der Waals surface area contributed by atoms with Crippen LogP contribution in [0.15, 0.2) is 6.07 Å². The quantitative estimate of drug-likeness (QED) is 0.864. The first-order chi connectivity index (χ1) is 9.81. The second-order valence-electron chi connectivity index (χ2n) is 5.83. The summed E-state index contributed by atoms with van der Waals surface area (Å²) < 4.78 is 1.78. The number of fused-ring (bicyclic) bond motifs is 1. The van der Waals surface area contributed by atoms with Gasteiger partial charge in [0.2, 0.25) is 0 Å². The molecule has 0 radical (unpaired) electrons. The van der Waals surface area contributed by atoms with Crippen molar-refractivity contribution in [3.05, 3.63) is 16.6 Å². The Kier molecular flexibility index (Phi) is 4.36. The Hall–Kier alpha value is -1.44. The van der Waals surface area contributed by atoms with Crippen molar-refractivity contribution < 1.29 is 15.0 Å². The monoisotopic (exact) mass is 311 g/mol. The average Bonchev–Trinajstić information content (AvgIpc) is 3.00. The zero-order chi connectivity index (χ0) is 15.8. The Labute approximate surface area is 127 Å². The topological polar surface area (TPSA) is 78.6 Å². The van der Waals surface area contributed by atoms with E-state index in [0.717, 1.165) is 15.9 Å². The highest BCUT2D eigenvalue weighted by molar-refractivity contribution is 7.20. The van der Waals surface area contributed by atoms with E-state index in [4.69, 9.17) is 0 Å². The minimum absolute atomic E-state index is 0.108. The van der Waals surface area contributed by atoms with Crippen molar-refractivity contribution in [1.82, 2.24) is 14.7 Å². The first-order valence-electron chi connectivity index (χ1n) is 6.71. The summed E-state index contributed by atoms with van der Waals surface area (Å²) in [6.07, 6.45) is 0. The fourth-order valence-electron chi connectivity index (χ4n) is 2.29. The van der Waals surface area contributed by atoms with Crippen LogP contribution in [0.3, 0.4) is 0 Å². The Bertz CT molecular complexity index is 623. The lowest BCUT2D eigenvalue weighted by atomic mass is 9.92. The highest BCUT2D eigenvalue weighted by atomic mass is 32.1. The Morgan fingerprint density at radius 1 is 1.48 bits per heavy atom. The summed E-state index contributed by atoms with van der Waals surface area (Å²) >= 11 is 1.41. The van der Waals surface area contributed by atoms with Crippen molar-refractivity contribution in [2.24, 2.45) is 12.5 Å². The van der Waals surface area contributed by atoms with Crippen LogP contribution < -0.4 is 0 Å². The van der Waals surface area contributed by atoms with Crippen molar-refractivity contribution >= 4 is 27.5 Å². The number of rotatable bonds is 5. The number of aryl methyl sites for hydroxylation is 2. The minimum atomic E-state index is -0.696. The highest BCUT2D eigenvalue weighted by Gasteiger charge is 2.27. The molecule has 0 bridgehead atoms. The van der Waals surface area contributed by atoms with E-state index in [9.17, 15) is 15.0 Å². The van der Waals surface area contributed by atoms with Crippen molar-refractivity contribution in [3.8, 4) is 0 Å². The van der Waals surface area contributed by atoms with Crippen molar-refractivity contribution in [2.45, 2.75) is 13.8 Å². The predicted molar refractivity (Wildman–Crippen MR) is 82.6 cm³/mol. The summed E-state index contributed by atoms with van der Waals surface area (Å²) in [5.41, 5.74) is 0.208. The second-order valence-corrected chi connectivity index (χ2v) is 6.86. The third-order valence-electron chi connectivity index (χ3n) is 3.64. The highest BCUT2D eigenvalue weighted by Crippen LogP contribution is 2.29. The smallest absolute Gasteiger partial charge is 0.263 e. The van der Waals surface area contributed by atoms with Gasteiger partial charge in [0.1, 0.15) is 4.83 Å². The number of nitrogens with zero attached hydrogens (tertiary/aromatic N) is 3. The zero-order valence-electron chi connectivity index (χ0n) is 12.8. The molecule has 2 heterocycles. The van der Waals surface area contributed by atoms with Crippen LogP contribution in [0.4, 0.5) is 0 Å². The third kappa shape index (κ3) is 2.95. The van der Waals surface area contributed by atoms with Gasteiger partial charge in [-0.25, -0.2) is 0 Å². The van der Waals surface area contributed by atoms with Gasteiger partial charge in [0, 0.05) is 31.4 Å². The third-order valence-corrected chi connectivity index (χ3v) is 4.83. The van der Waals surface area contributed by atoms with Crippen LogP contribution in [0.2, 0.25) is 0 Å². The van der Waals surface area contributed by atoms with E-state index >= 15 is 0 Å². The Morgan fingerprint density at radius 2 is 2.10 bits per heavy atom. The van der Waals surface area contributed by atoms with Gasteiger partial charge in [-0.15, -0.1) is 11.3 Å². The number of thiophene rings is 1. The lowest BCUT2D eigenvalue weighted by Gasteiger charge is -2.30. The second kappa shape index (κ2) is 5.75. The number of aliphatic hydroxyl groups excluding tert-OH is 2. The van der Waals surface area contributed by atoms with Gasteiger partial charge >= 0.3 is 0 Å². The maximum Gasteiger partial charge on any atom is 0.263 e. The molecule has 0 aliphatic rings. The minimum Gasteiger partial charge on any atom is -0.396 e. The molecular formula is C14H21N3O3S. The summed E-state index contributed by atoms with van der Waals surface area (Å²) in [6, 6.07) is 1.86. The van der Waals surface area contributed by atoms with Crippen LogP contribution in [-0.2, 0) is 7.05 Å². The lowest BCUT2D eigenvalue weighted by molar-refractivity contribution is 0.0368. The Balaban J connectivity index is 2.23. The number of hydrogen-bond donors (Lipinski definition) is 2. The summed E-state index contributed by atoms with van der Waals surface area (Å²) in [5, 5.41) is 24.0.